The van der Waals surface area contributed by atoms with Gasteiger partial charge in [0.25, 0.3) is 5.91 Å². The fourth-order valence-corrected chi connectivity index (χ4v) is 4.23. The van der Waals surface area contributed by atoms with E-state index in [1.54, 1.807) is 11.8 Å². The first kappa shape index (κ1) is 24.5. The minimum absolute atomic E-state index is 0.0493. The van der Waals surface area contributed by atoms with Crippen molar-refractivity contribution >= 4 is 11.8 Å². The fraction of sp³-hybridized carbons (Fsp3) is 0.560. The maximum absolute atomic E-state index is 13.3. The number of alkyl halides is 2. The average Bonchev–Trinajstić information content (AvgIpc) is 3.76. The SMILES string of the molecule is C[C@H](N)c1oc(-c2ccc(OC(F)F)c(OCC3CC3)c2)nc1C(=O)N1CC[C@H](NC(=O)C2CC2)C1. The van der Waals surface area contributed by atoms with Crippen LogP contribution in [0.4, 0.5) is 8.78 Å². The van der Waals surface area contributed by atoms with Gasteiger partial charge < -0.3 is 29.8 Å². The number of amides is 2. The minimum atomic E-state index is -2.99. The lowest BCUT2D eigenvalue weighted by Crippen LogP contribution is -2.39. The second kappa shape index (κ2) is 10.0. The Bertz CT molecular complexity index is 1130. The summed E-state index contributed by atoms with van der Waals surface area (Å²) in [6.45, 7) is -0.0392. The quantitative estimate of drug-likeness (QED) is 0.508. The molecule has 2 aliphatic carbocycles. The summed E-state index contributed by atoms with van der Waals surface area (Å²) in [6.07, 6.45) is 4.58. The smallest absolute Gasteiger partial charge is 0.387 e. The number of nitrogens with two attached hydrogens (primary N) is 1. The van der Waals surface area contributed by atoms with Crippen LogP contribution < -0.4 is 20.5 Å². The standard InChI is InChI=1S/C25H30F2N4O5/c1-13(28)21-20(24(33)31-9-8-17(11-31)29-22(32)15-4-5-15)30-23(36-21)16-6-7-18(35-25(26)27)19(10-16)34-12-14-2-3-14/h6-7,10,13-15,17,25H,2-5,8-9,11-12,28H2,1H3,(H,29,32)/t13-,17-/m0/s1. The van der Waals surface area contributed by atoms with Gasteiger partial charge in [0.2, 0.25) is 11.8 Å². The van der Waals surface area contributed by atoms with Gasteiger partial charge in [-0.2, -0.15) is 8.78 Å². The number of aromatic nitrogens is 1. The van der Waals surface area contributed by atoms with Gasteiger partial charge in [0.1, 0.15) is 0 Å². The van der Waals surface area contributed by atoms with Gasteiger partial charge in [-0.15, -0.1) is 0 Å². The molecule has 0 radical (unpaired) electrons. The first-order valence-corrected chi connectivity index (χ1v) is 12.4. The van der Waals surface area contributed by atoms with Gasteiger partial charge >= 0.3 is 6.61 Å². The Morgan fingerprint density at radius 2 is 2.00 bits per heavy atom. The van der Waals surface area contributed by atoms with Crippen molar-refractivity contribution in [2.24, 2.45) is 17.6 Å². The number of nitrogens with one attached hydrogen (secondary N) is 1. The number of carbonyl (C=O) groups is 2. The van der Waals surface area contributed by atoms with E-state index in [0.717, 1.165) is 25.7 Å². The van der Waals surface area contributed by atoms with Gasteiger partial charge in [-0.25, -0.2) is 4.98 Å². The van der Waals surface area contributed by atoms with E-state index in [4.69, 9.17) is 14.9 Å². The van der Waals surface area contributed by atoms with Crippen LogP contribution in [0.15, 0.2) is 22.6 Å². The van der Waals surface area contributed by atoms with Crippen LogP contribution in [0.1, 0.15) is 61.3 Å². The number of ether oxygens (including phenoxy) is 2. The highest BCUT2D eigenvalue weighted by Gasteiger charge is 2.36. The monoisotopic (exact) mass is 504 g/mol. The highest BCUT2D eigenvalue weighted by molar-refractivity contribution is 5.94. The van der Waals surface area contributed by atoms with Gasteiger partial charge in [0.05, 0.1) is 12.6 Å². The summed E-state index contributed by atoms with van der Waals surface area (Å²) < 4.78 is 42.0. The zero-order chi connectivity index (χ0) is 25.4. The molecule has 2 atom stereocenters. The van der Waals surface area contributed by atoms with Crippen LogP contribution in [0.3, 0.4) is 0 Å². The molecule has 11 heteroatoms. The zero-order valence-corrected chi connectivity index (χ0v) is 20.0. The molecule has 0 unspecified atom stereocenters. The molecular formula is C25H30F2N4O5. The molecule has 2 heterocycles. The number of oxazole rings is 1. The third kappa shape index (κ3) is 5.61. The highest BCUT2D eigenvalue weighted by atomic mass is 19.3. The van der Waals surface area contributed by atoms with Crippen LogP contribution in [-0.2, 0) is 4.79 Å². The molecule has 0 spiro atoms. The third-order valence-electron chi connectivity index (χ3n) is 6.62. The number of carbonyl (C=O) groups excluding carboxylic acids is 2. The van der Waals surface area contributed by atoms with E-state index >= 15 is 0 Å². The van der Waals surface area contributed by atoms with Crippen LogP contribution in [-0.4, -0.2) is 54.0 Å². The summed E-state index contributed by atoms with van der Waals surface area (Å²) in [7, 11) is 0. The second-order valence-corrected chi connectivity index (χ2v) is 9.83. The molecule has 3 fully saturated rings. The number of rotatable bonds is 10. The van der Waals surface area contributed by atoms with Crippen molar-refractivity contribution in [3.05, 3.63) is 29.7 Å². The van der Waals surface area contributed by atoms with Gasteiger partial charge in [-0.3, -0.25) is 9.59 Å². The van der Waals surface area contributed by atoms with Gasteiger partial charge in [-0.1, -0.05) is 0 Å². The maximum atomic E-state index is 13.3. The number of nitrogens with zero attached hydrogens (tertiary/aromatic N) is 2. The molecule has 5 rings (SSSR count). The minimum Gasteiger partial charge on any atom is -0.489 e. The molecule has 1 saturated heterocycles. The largest absolute Gasteiger partial charge is 0.489 e. The van der Waals surface area contributed by atoms with Crippen molar-refractivity contribution in [1.82, 2.24) is 15.2 Å². The van der Waals surface area contributed by atoms with E-state index < -0.39 is 12.7 Å². The average molecular weight is 505 g/mol. The fourth-order valence-electron chi connectivity index (χ4n) is 4.23. The number of likely N-dealkylation sites (tertiary alicyclic amines) is 1. The van der Waals surface area contributed by atoms with E-state index in [1.807, 2.05) is 0 Å². The van der Waals surface area contributed by atoms with Gasteiger partial charge in [-0.05, 0) is 63.1 Å². The summed E-state index contributed by atoms with van der Waals surface area (Å²) >= 11 is 0. The van der Waals surface area contributed by atoms with Crippen LogP contribution >= 0.6 is 0 Å². The Kier molecular flexibility index (Phi) is 6.83. The highest BCUT2D eigenvalue weighted by Crippen LogP contribution is 2.37. The summed E-state index contributed by atoms with van der Waals surface area (Å²) in [4.78, 5) is 31.5. The Balaban J connectivity index is 1.35. The lowest BCUT2D eigenvalue weighted by molar-refractivity contribution is -0.122. The molecule has 1 aromatic carbocycles. The molecule has 9 nitrogen and oxygen atoms in total. The Morgan fingerprint density at radius 3 is 2.67 bits per heavy atom. The Morgan fingerprint density at radius 1 is 1.22 bits per heavy atom. The molecule has 2 amide bonds. The van der Waals surface area contributed by atoms with Crippen molar-refractivity contribution in [2.45, 2.75) is 57.7 Å². The van der Waals surface area contributed by atoms with Gasteiger partial charge in [0, 0.05) is 30.6 Å². The molecule has 1 aliphatic heterocycles. The zero-order valence-electron chi connectivity index (χ0n) is 20.0. The van der Waals surface area contributed by atoms with Crippen LogP contribution in [0.5, 0.6) is 11.5 Å². The van der Waals surface area contributed by atoms with Crippen molar-refractivity contribution < 1.29 is 32.3 Å². The molecule has 2 saturated carbocycles. The molecule has 3 aliphatic rings. The third-order valence-corrected chi connectivity index (χ3v) is 6.62. The molecule has 2 aromatic rings. The lowest BCUT2D eigenvalue weighted by atomic mass is 10.2. The number of halogens is 2. The first-order chi connectivity index (χ1) is 17.3. The molecule has 3 N–H and O–H groups in total. The predicted molar refractivity (Wildman–Crippen MR) is 125 cm³/mol. The summed E-state index contributed by atoms with van der Waals surface area (Å²) in [5.74, 6) is 0.659. The van der Waals surface area contributed by atoms with Crippen molar-refractivity contribution in [2.75, 3.05) is 19.7 Å². The number of hydrogen-bond donors (Lipinski definition) is 2. The normalized spacial score (nSPS) is 20.5. The molecule has 194 valence electrons. The predicted octanol–water partition coefficient (Wildman–Crippen LogP) is 3.49. The van der Waals surface area contributed by atoms with E-state index in [0.29, 0.717) is 37.6 Å². The lowest BCUT2D eigenvalue weighted by Gasteiger charge is -2.17. The molecule has 0 bridgehead atoms. The molecule has 36 heavy (non-hydrogen) atoms. The Labute approximate surface area is 207 Å². The topological polar surface area (TPSA) is 120 Å². The van der Waals surface area contributed by atoms with E-state index in [9.17, 15) is 18.4 Å². The number of hydrogen-bond acceptors (Lipinski definition) is 7. The van der Waals surface area contributed by atoms with Crippen LogP contribution in [0, 0.1) is 11.8 Å². The summed E-state index contributed by atoms with van der Waals surface area (Å²) in [5, 5.41) is 3.01. The van der Waals surface area contributed by atoms with Crippen molar-refractivity contribution in [1.29, 1.82) is 0 Å². The van der Waals surface area contributed by atoms with Crippen LogP contribution in [0.25, 0.3) is 11.5 Å². The molecule has 1 aromatic heterocycles. The first-order valence-electron chi connectivity index (χ1n) is 12.4. The summed E-state index contributed by atoms with van der Waals surface area (Å²) in [6, 6.07) is 3.70. The van der Waals surface area contributed by atoms with E-state index in [1.165, 1.54) is 18.2 Å². The van der Waals surface area contributed by atoms with E-state index in [2.05, 4.69) is 15.0 Å². The number of benzene rings is 1. The van der Waals surface area contributed by atoms with Crippen molar-refractivity contribution in [3.63, 3.8) is 0 Å². The molecular weight excluding hydrogens is 474 g/mol. The van der Waals surface area contributed by atoms with E-state index in [-0.39, 0.29) is 52.6 Å². The van der Waals surface area contributed by atoms with Gasteiger partial charge in [0.15, 0.2) is 23.0 Å². The second-order valence-electron chi connectivity index (χ2n) is 9.83. The Hall–Kier alpha value is -3.21. The van der Waals surface area contributed by atoms with Crippen molar-refractivity contribution in [3.8, 4) is 23.0 Å². The maximum Gasteiger partial charge on any atom is 0.387 e. The van der Waals surface area contributed by atoms with Crippen LogP contribution in [0.2, 0.25) is 0 Å². The summed E-state index contributed by atoms with van der Waals surface area (Å²) in [5.41, 5.74) is 6.63.